The number of amides is 1. The first-order valence-electron chi connectivity index (χ1n) is 6.88. The molecule has 1 aliphatic carbocycles. The number of nitrogens with one attached hydrogen (secondary N) is 1. The van der Waals surface area contributed by atoms with Gasteiger partial charge in [-0.2, -0.15) is 0 Å². The van der Waals surface area contributed by atoms with Crippen LogP contribution in [0.5, 0.6) is 0 Å². The Morgan fingerprint density at radius 2 is 1.89 bits per heavy atom. The van der Waals surface area contributed by atoms with Gasteiger partial charge in [-0.25, -0.2) is 4.39 Å². The Balaban J connectivity index is 2.10. The average Bonchev–Trinajstić information content (AvgIpc) is 2.84. The van der Waals surface area contributed by atoms with Gasteiger partial charge in [0.05, 0.1) is 5.92 Å². The van der Waals surface area contributed by atoms with Crippen LogP contribution >= 0.6 is 0 Å². The van der Waals surface area contributed by atoms with Gasteiger partial charge in [-0.3, -0.25) is 4.79 Å². The number of carbonyl (C=O) groups excluding carboxylic acids is 1. The maximum atomic E-state index is 13.8. The highest BCUT2D eigenvalue weighted by molar-refractivity contribution is 5.84. The van der Waals surface area contributed by atoms with Gasteiger partial charge in [0.1, 0.15) is 6.17 Å². The molecule has 1 aromatic carbocycles. The number of nitrogens with two attached hydrogens (primary N) is 1. The van der Waals surface area contributed by atoms with Gasteiger partial charge in [-0.1, -0.05) is 25.0 Å². The zero-order chi connectivity index (χ0) is 13.8. The summed E-state index contributed by atoms with van der Waals surface area (Å²) in [5.74, 6) is -0.965. The third kappa shape index (κ3) is 3.46. The summed E-state index contributed by atoms with van der Waals surface area (Å²) in [6.45, 7) is 1.43. The van der Waals surface area contributed by atoms with Crippen molar-refractivity contribution >= 4 is 11.6 Å². The van der Waals surface area contributed by atoms with Crippen molar-refractivity contribution < 1.29 is 9.18 Å². The molecule has 3 nitrogen and oxygen atoms in total. The second kappa shape index (κ2) is 6.04. The van der Waals surface area contributed by atoms with E-state index < -0.39 is 12.1 Å². The van der Waals surface area contributed by atoms with Crippen LogP contribution in [0.2, 0.25) is 0 Å². The highest BCUT2D eigenvalue weighted by atomic mass is 19.1. The van der Waals surface area contributed by atoms with E-state index in [2.05, 4.69) is 5.32 Å². The molecule has 2 unspecified atom stereocenters. The number of benzene rings is 1. The maximum absolute atomic E-state index is 13.8. The number of nitrogen functional groups attached to an aromatic ring is 1. The van der Waals surface area contributed by atoms with E-state index >= 15 is 0 Å². The molecule has 0 spiro atoms. The van der Waals surface area contributed by atoms with Crippen molar-refractivity contribution in [3.05, 3.63) is 29.8 Å². The van der Waals surface area contributed by atoms with Crippen LogP contribution in [0.1, 0.15) is 44.1 Å². The van der Waals surface area contributed by atoms with E-state index in [4.69, 9.17) is 5.73 Å². The fourth-order valence-corrected chi connectivity index (χ4v) is 2.69. The number of alkyl halides is 1. The molecule has 0 heterocycles. The minimum absolute atomic E-state index is 0.211. The lowest BCUT2D eigenvalue weighted by atomic mass is 9.93. The number of anilines is 1. The quantitative estimate of drug-likeness (QED) is 0.822. The van der Waals surface area contributed by atoms with Crippen molar-refractivity contribution in [2.24, 2.45) is 0 Å². The first-order valence-corrected chi connectivity index (χ1v) is 6.88. The Kier molecular flexibility index (Phi) is 4.40. The molecule has 1 saturated carbocycles. The minimum Gasteiger partial charge on any atom is -0.399 e. The van der Waals surface area contributed by atoms with Crippen LogP contribution in [0.3, 0.4) is 0 Å². The summed E-state index contributed by atoms with van der Waals surface area (Å²) in [7, 11) is 0. The largest absolute Gasteiger partial charge is 0.399 e. The molecule has 0 saturated heterocycles. The van der Waals surface area contributed by atoms with Crippen LogP contribution in [0.25, 0.3) is 0 Å². The van der Waals surface area contributed by atoms with Gasteiger partial charge >= 0.3 is 0 Å². The summed E-state index contributed by atoms with van der Waals surface area (Å²) in [5.41, 5.74) is 6.91. The number of halogens is 1. The van der Waals surface area contributed by atoms with E-state index in [0.29, 0.717) is 11.3 Å². The molecule has 104 valence electrons. The summed E-state index contributed by atoms with van der Waals surface area (Å²) < 4.78 is 13.8. The molecule has 3 N–H and O–H groups in total. The Hall–Kier alpha value is -1.58. The van der Waals surface area contributed by atoms with E-state index in [0.717, 1.165) is 25.7 Å². The van der Waals surface area contributed by atoms with Crippen LogP contribution in [0, 0.1) is 0 Å². The van der Waals surface area contributed by atoms with Crippen LogP contribution < -0.4 is 11.1 Å². The molecule has 1 aliphatic rings. The fraction of sp³-hybridized carbons (Fsp3) is 0.533. The molecule has 0 aromatic heterocycles. The fourth-order valence-electron chi connectivity index (χ4n) is 2.69. The van der Waals surface area contributed by atoms with Crippen molar-refractivity contribution in [2.75, 3.05) is 5.73 Å². The highest BCUT2D eigenvalue weighted by Gasteiger charge is 2.29. The van der Waals surface area contributed by atoms with Crippen molar-refractivity contribution in [1.82, 2.24) is 5.32 Å². The lowest BCUT2D eigenvalue weighted by Crippen LogP contribution is -2.39. The Morgan fingerprint density at radius 3 is 2.42 bits per heavy atom. The van der Waals surface area contributed by atoms with Crippen LogP contribution in [-0.4, -0.2) is 18.1 Å². The van der Waals surface area contributed by atoms with Crippen molar-refractivity contribution in [3.8, 4) is 0 Å². The number of hydrogen-bond donors (Lipinski definition) is 2. The Bertz CT molecular complexity index is 424. The summed E-state index contributed by atoms with van der Waals surface area (Å²) in [4.78, 5) is 12.2. The zero-order valence-corrected chi connectivity index (χ0v) is 11.2. The Morgan fingerprint density at radius 1 is 1.32 bits per heavy atom. The summed E-state index contributed by atoms with van der Waals surface area (Å²) in [6.07, 6.45) is 3.07. The molecule has 2 rings (SSSR count). The highest BCUT2D eigenvalue weighted by Crippen LogP contribution is 2.25. The smallest absolute Gasteiger partial charge is 0.230 e. The van der Waals surface area contributed by atoms with E-state index in [-0.39, 0.29) is 11.9 Å². The van der Waals surface area contributed by atoms with Gasteiger partial charge in [0, 0.05) is 11.7 Å². The van der Waals surface area contributed by atoms with Gasteiger partial charge in [0.15, 0.2) is 0 Å². The summed E-state index contributed by atoms with van der Waals surface area (Å²) in [6, 6.07) is 7.07. The number of hydrogen-bond acceptors (Lipinski definition) is 2. The third-order valence-electron chi connectivity index (χ3n) is 3.74. The monoisotopic (exact) mass is 264 g/mol. The van der Waals surface area contributed by atoms with Gasteiger partial charge in [-0.05, 0) is 37.5 Å². The standard InChI is InChI=1S/C15H21FN2O/c1-10(16)14(11-6-8-12(17)9-7-11)15(19)18-13-4-2-3-5-13/h6-10,13-14H,2-5,17H2,1H3,(H,18,19). The number of carbonyl (C=O) groups is 1. The topological polar surface area (TPSA) is 55.1 Å². The molecule has 1 amide bonds. The molecule has 2 atom stereocenters. The average molecular weight is 264 g/mol. The van der Waals surface area contributed by atoms with Gasteiger partial charge in [-0.15, -0.1) is 0 Å². The number of rotatable bonds is 4. The second-order valence-electron chi connectivity index (χ2n) is 5.31. The molecule has 1 fully saturated rings. The van der Waals surface area contributed by atoms with Crippen LogP contribution in [-0.2, 0) is 4.79 Å². The maximum Gasteiger partial charge on any atom is 0.230 e. The zero-order valence-electron chi connectivity index (χ0n) is 11.2. The SMILES string of the molecule is CC(F)C(C(=O)NC1CCCC1)c1ccc(N)cc1. The minimum atomic E-state index is -1.22. The molecule has 0 bridgehead atoms. The first-order chi connectivity index (χ1) is 9.08. The van der Waals surface area contributed by atoms with E-state index in [1.807, 2.05) is 0 Å². The van der Waals surface area contributed by atoms with Crippen molar-refractivity contribution in [2.45, 2.75) is 50.7 Å². The lowest BCUT2D eigenvalue weighted by molar-refractivity contribution is -0.124. The lowest BCUT2D eigenvalue weighted by Gasteiger charge is -2.21. The molecular formula is C15H21FN2O. The van der Waals surface area contributed by atoms with Crippen molar-refractivity contribution in [1.29, 1.82) is 0 Å². The normalized spacial score (nSPS) is 19.1. The molecule has 0 radical (unpaired) electrons. The predicted octanol–water partition coefficient (Wildman–Crippen LogP) is 2.77. The Labute approximate surface area is 113 Å². The van der Waals surface area contributed by atoms with Crippen LogP contribution in [0.4, 0.5) is 10.1 Å². The van der Waals surface area contributed by atoms with Gasteiger partial charge in [0.25, 0.3) is 0 Å². The molecule has 19 heavy (non-hydrogen) atoms. The van der Waals surface area contributed by atoms with Gasteiger partial charge in [0.2, 0.25) is 5.91 Å². The van der Waals surface area contributed by atoms with Crippen molar-refractivity contribution in [3.63, 3.8) is 0 Å². The second-order valence-corrected chi connectivity index (χ2v) is 5.31. The molecule has 1 aromatic rings. The molecule has 4 heteroatoms. The summed E-state index contributed by atoms with van der Waals surface area (Å²) >= 11 is 0. The molecular weight excluding hydrogens is 243 g/mol. The predicted molar refractivity (Wildman–Crippen MR) is 74.6 cm³/mol. The van der Waals surface area contributed by atoms with E-state index in [1.165, 1.54) is 6.92 Å². The van der Waals surface area contributed by atoms with E-state index in [9.17, 15) is 9.18 Å². The van der Waals surface area contributed by atoms with E-state index in [1.54, 1.807) is 24.3 Å². The van der Waals surface area contributed by atoms with Crippen LogP contribution in [0.15, 0.2) is 24.3 Å². The molecule has 0 aliphatic heterocycles. The van der Waals surface area contributed by atoms with Gasteiger partial charge < -0.3 is 11.1 Å². The third-order valence-corrected chi connectivity index (χ3v) is 3.74. The summed E-state index contributed by atoms with van der Waals surface area (Å²) in [5, 5.41) is 2.96. The first kappa shape index (κ1) is 13.8.